The summed E-state index contributed by atoms with van der Waals surface area (Å²) in [5.41, 5.74) is 4.21. The molecule has 3 heterocycles. The van der Waals surface area contributed by atoms with Crippen LogP contribution < -0.4 is 10.5 Å². The Morgan fingerprint density at radius 3 is 1.49 bits per heavy atom. The van der Waals surface area contributed by atoms with E-state index in [0.717, 1.165) is 5.46 Å². The Balaban J connectivity index is 1.55. The minimum atomic E-state index is -0.359. The van der Waals surface area contributed by atoms with Crippen molar-refractivity contribution in [3.63, 3.8) is 0 Å². The van der Waals surface area contributed by atoms with Crippen molar-refractivity contribution in [3.8, 4) is 11.1 Å². The molecule has 2 saturated heterocycles. The lowest BCUT2D eigenvalue weighted by Crippen LogP contribution is -2.41. The Bertz CT molecular complexity index is 1230. The van der Waals surface area contributed by atoms with E-state index in [0.29, 0.717) is 0 Å². The molecular weight excluding hydrogens is 594 g/mol. The number of rotatable bonds is 16. The van der Waals surface area contributed by atoms with Gasteiger partial charge in [-0.25, -0.2) is 0 Å². The first kappa shape index (κ1) is 37.0. The fourth-order valence-corrected chi connectivity index (χ4v) is 9.79. The van der Waals surface area contributed by atoms with E-state index in [1.165, 1.54) is 112 Å². The molecule has 4 nitrogen and oxygen atoms in total. The average molecular weight is 659 g/mol. The zero-order chi connectivity index (χ0) is 34.1. The van der Waals surface area contributed by atoms with Gasteiger partial charge in [-0.2, -0.15) is 0 Å². The largest absolute Gasteiger partial charge is 0.494 e. The molecule has 5 rings (SSSR count). The normalized spacial score (nSPS) is 21.3. The number of hydrogen-bond donors (Lipinski definition) is 0. The summed E-state index contributed by atoms with van der Waals surface area (Å²) < 4.78 is 26.5. The Morgan fingerprint density at radius 1 is 0.532 bits per heavy atom. The Kier molecular flexibility index (Phi) is 11.5. The van der Waals surface area contributed by atoms with Gasteiger partial charge in [-0.15, -0.1) is 0 Å². The van der Waals surface area contributed by atoms with Gasteiger partial charge < -0.3 is 18.6 Å². The van der Waals surface area contributed by atoms with E-state index in [9.17, 15) is 0 Å². The molecule has 1 aliphatic carbocycles. The van der Waals surface area contributed by atoms with Gasteiger partial charge >= 0.3 is 14.2 Å². The fraction of sp³-hybridized carbons (Fsp3) is 0.725. The molecule has 2 fully saturated rings. The highest BCUT2D eigenvalue weighted by Crippen LogP contribution is 2.53. The summed E-state index contributed by atoms with van der Waals surface area (Å²) >= 11 is 0. The summed E-state index contributed by atoms with van der Waals surface area (Å²) in [6, 6.07) is 11.9. The van der Waals surface area contributed by atoms with Gasteiger partial charge in [0.05, 0.1) is 22.4 Å². The molecule has 0 radical (unpaired) electrons. The Labute approximate surface area is 290 Å². The second-order valence-electron chi connectivity index (χ2n) is 16.9. The van der Waals surface area contributed by atoms with Crippen LogP contribution in [0.15, 0.2) is 30.3 Å². The predicted molar refractivity (Wildman–Crippen MR) is 203 cm³/mol. The molecule has 0 amide bonds. The number of fused-ring (bicyclic) bond motifs is 3. The molecule has 0 bridgehead atoms. The van der Waals surface area contributed by atoms with E-state index in [2.05, 4.69) is 99.6 Å². The van der Waals surface area contributed by atoms with Gasteiger partial charge in [0, 0.05) is 14.5 Å². The molecule has 0 spiro atoms. The summed E-state index contributed by atoms with van der Waals surface area (Å²) in [6.07, 6.45) is 18.2. The standard InChI is InChI=1S/C40H64B2O4Si/c1-11-13-15-17-19-21-27-40(28-22-20-18-16-14-12-2)33-29-30(41-43-36(3,4)37(5,6)44-41)23-24-31(33)32-25-26-34(47-35(32)40)42-45-38(7,8)39(9,10)46-42/h23-26,29,47H,11-22,27-28H2,1-10H3. The molecule has 1 aromatic carbocycles. The van der Waals surface area contributed by atoms with Gasteiger partial charge in [-0.1, -0.05) is 121 Å². The minimum Gasteiger partial charge on any atom is -0.400 e. The van der Waals surface area contributed by atoms with Crippen molar-refractivity contribution in [3.05, 3.63) is 41.1 Å². The van der Waals surface area contributed by atoms with Gasteiger partial charge in [0.2, 0.25) is 0 Å². The van der Waals surface area contributed by atoms with E-state index >= 15 is 0 Å². The molecule has 0 saturated carbocycles. The lowest BCUT2D eigenvalue weighted by molar-refractivity contribution is 0.00578. The lowest BCUT2D eigenvalue weighted by Gasteiger charge is -2.34. The monoisotopic (exact) mass is 658 g/mol. The van der Waals surface area contributed by atoms with E-state index < -0.39 is 0 Å². The van der Waals surface area contributed by atoms with Crippen molar-refractivity contribution >= 4 is 33.9 Å². The van der Waals surface area contributed by atoms with Crippen LogP contribution in [0.3, 0.4) is 0 Å². The summed E-state index contributed by atoms with van der Waals surface area (Å²) in [5, 5.41) is 3.02. The van der Waals surface area contributed by atoms with Crippen molar-refractivity contribution in [1.82, 2.24) is 0 Å². The van der Waals surface area contributed by atoms with Crippen molar-refractivity contribution in [2.75, 3.05) is 0 Å². The summed E-state index contributed by atoms with van der Waals surface area (Å²) in [6.45, 7) is 21.9. The molecule has 258 valence electrons. The Morgan fingerprint density at radius 2 is 0.979 bits per heavy atom. The molecule has 47 heavy (non-hydrogen) atoms. The zero-order valence-electron chi connectivity index (χ0n) is 31.7. The minimum absolute atomic E-state index is 0.0365. The van der Waals surface area contributed by atoms with E-state index in [-0.39, 0.29) is 51.2 Å². The fourth-order valence-electron chi connectivity index (χ4n) is 7.86. The van der Waals surface area contributed by atoms with Crippen LogP contribution in [0, 0.1) is 0 Å². The predicted octanol–water partition coefficient (Wildman–Crippen LogP) is 9.12. The van der Waals surface area contributed by atoms with Crippen molar-refractivity contribution in [2.24, 2.45) is 0 Å². The molecule has 0 N–H and O–H groups in total. The van der Waals surface area contributed by atoms with Crippen molar-refractivity contribution in [1.29, 1.82) is 0 Å². The second-order valence-corrected chi connectivity index (χ2v) is 18.4. The zero-order valence-corrected chi connectivity index (χ0v) is 32.8. The molecule has 2 aromatic rings. The molecule has 7 heteroatoms. The number of unbranched alkanes of at least 4 members (excludes halogenated alkanes) is 10. The molecule has 1 aromatic heterocycles. The van der Waals surface area contributed by atoms with Crippen LogP contribution in [-0.4, -0.2) is 45.8 Å². The van der Waals surface area contributed by atoms with Crippen molar-refractivity contribution < 1.29 is 18.6 Å². The van der Waals surface area contributed by atoms with Crippen LogP contribution in [0.2, 0.25) is 0 Å². The van der Waals surface area contributed by atoms with Crippen LogP contribution >= 0.6 is 0 Å². The van der Waals surface area contributed by atoms with Crippen LogP contribution in [0.1, 0.15) is 170 Å². The van der Waals surface area contributed by atoms with E-state index in [1.54, 1.807) is 5.17 Å². The van der Waals surface area contributed by atoms with Crippen molar-refractivity contribution in [2.45, 2.75) is 187 Å². The second kappa shape index (κ2) is 14.5. The smallest absolute Gasteiger partial charge is 0.400 e. The first-order valence-electron chi connectivity index (χ1n) is 19.2. The topological polar surface area (TPSA) is 36.9 Å². The first-order valence-corrected chi connectivity index (χ1v) is 20.3. The maximum atomic E-state index is 6.65. The van der Waals surface area contributed by atoms with Crippen LogP contribution in [0.4, 0.5) is 0 Å². The maximum absolute atomic E-state index is 6.65. The van der Waals surface area contributed by atoms with E-state index in [4.69, 9.17) is 18.6 Å². The van der Waals surface area contributed by atoms with Gasteiger partial charge in [0.1, 0.15) is 0 Å². The van der Waals surface area contributed by atoms with Crippen LogP contribution in [0.25, 0.3) is 11.1 Å². The van der Waals surface area contributed by atoms with Gasteiger partial charge in [0.25, 0.3) is 0 Å². The van der Waals surface area contributed by atoms with E-state index in [1.807, 2.05) is 0 Å². The van der Waals surface area contributed by atoms with Gasteiger partial charge in [0.15, 0.2) is 0 Å². The average Bonchev–Trinajstić information content (AvgIpc) is 3.50. The van der Waals surface area contributed by atoms with Crippen LogP contribution in [-0.2, 0) is 24.0 Å². The lowest BCUT2D eigenvalue weighted by atomic mass is 9.70. The highest BCUT2D eigenvalue weighted by molar-refractivity contribution is 6.76. The SMILES string of the molecule is CCCCCCCCC1(CCCCCCCC)c2cc(B3OC(C)(C)C(C)(C)O3)ccc2-c2ccc(B3OC(C)(C)C(C)(C)O3)[siH]c21. The first-order chi connectivity index (χ1) is 22.2. The molecule has 3 aliphatic rings. The molecule has 0 unspecified atom stereocenters. The number of benzene rings is 1. The third-order valence-corrected chi connectivity index (χ3v) is 14.3. The summed E-state index contributed by atoms with van der Waals surface area (Å²) in [7, 11) is -0.741. The summed E-state index contributed by atoms with van der Waals surface area (Å²) in [4.78, 5) is 0. The molecule has 2 aliphatic heterocycles. The molecular formula is C40H64B2O4Si. The number of hydrogen-bond acceptors (Lipinski definition) is 4. The van der Waals surface area contributed by atoms with Gasteiger partial charge in [-0.3, -0.25) is 0 Å². The quantitative estimate of drug-likeness (QED) is 0.133. The van der Waals surface area contributed by atoms with Crippen LogP contribution in [0.5, 0.6) is 0 Å². The summed E-state index contributed by atoms with van der Waals surface area (Å²) in [5.74, 6) is 0. The van der Waals surface area contributed by atoms with Gasteiger partial charge in [-0.05, 0) is 101 Å². The molecule has 0 atom stereocenters. The third kappa shape index (κ3) is 7.46. The highest BCUT2D eigenvalue weighted by Gasteiger charge is 2.54. The highest BCUT2D eigenvalue weighted by atomic mass is 28.2. The maximum Gasteiger partial charge on any atom is 0.494 e. The third-order valence-electron chi connectivity index (χ3n) is 12.4. The Hall–Kier alpha value is -1.24.